The maximum atomic E-state index is 11.7. The van der Waals surface area contributed by atoms with E-state index >= 15 is 0 Å². The standard InChI is InChI=1S/C10H13N5O5/c11-10-13-7-3(8(19)14-10)1-12-15(7)9-6(18)5(17)4(2-16)20-9/h1,4-6,9,16-18H,2H2,(H3,11,13,14,19)/t4-,5-,6-,9?/m1/s1. The van der Waals surface area contributed by atoms with Gasteiger partial charge in [-0.2, -0.15) is 10.1 Å². The number of H-pyrrole nitrogens is 1. The predicted octanol–water partition coefficient (Wildman–Crippen LogP) is -2.69. The second-order valence-corrected chi connectivity index (χ2v) is 4.51. The van der Waals surface area contributed by atoms with Gasteiger partial charge in [-0.3, -0.25) is 9.78 Å². The van der Waals surface area contributed by atoms with Crippen molar-refractivity contribution in [2.75, 3.05) is 12.3 Å². The highest BCUT2D eigenvalue weighted by atomic mass is 16.6. The molecule has 1 unspecified atom stereocenters. The van der Waals surface area contributed by atoms with E-state index in [1.807, 2.05) is 0 Å². The van der Waals surface area contributed by atoms with Crippen molar-refractivity contribution in [3.8, 4) is 0 Å². The lowest BCUT2D eigenvalue weighted by atomic mass is 10.1. The van der Waals surface area contributed by atoms with E-state index in [0.29, 0.717) is 0 Å². The molecule has 3 rings (SSSR count). The molecular formula is C10H13N5O5. The zero-order chi connectivity index (χ0) is 14.4. The van der Waals surface area contributed by atoms with Crippen LogP contribution in [0.2, 0.25) is 0 Å². The molecule has 1 saturated heterocycles. The first kappa shape index (κ1) is 13.0. The van der Waals surface area contributed by atoms with Gasteiger partial charge >= 0.3 is 0 Å². The van der Waals surface area contributed by atoms with Gasteiger partial charge in [-0.25, -0.2) is 4.68 Å². The van der Waals surface area contributed by atoms with Crippen molar-refractivity contribution in [1.29, 1.82) is 0 Å². The number of hydrogen-bond acceptors (Lipinski definition) is 8. The van der Waals surface area contributed by atoms with Crippen molar-refractivity contribution in [2.45, 2.75) is 24.5 Å². The Morgan fingerprint density at radius 2 is 2.20 bits per heavy atom. The molecule has 0 spiro atoms. The minimum Gasteiger partial charge on any atom is -0.394 e. The third-order valence-corrected chi connectivity index (χ3v) is 3.24. The zero-order valence-corrected chi connectivity index (χ0v) is 10.2. The topological polar surface area (TPSA) is 160 Å². The van der Waals surface area contributed by atoms with E-state index in [9.17, 15) is 15.0 Å². The summed E-state index contributed by atoms with van der Waals surface area (Å²) in [6.45, 7) is -0.454. The Labute approximate surface area is 111 Å². The number of nitrogen functional groups attached to an aromatic ring is 1. The zero-order valence-electron chi connectivity index (χ0n) is 10.2. The van der Waals surface area contributed by atoms with Crippen LogP contribution in [0.25, 0.3) is 11.0 Å². The van der Waals surface area contributed by atoms with Gasteiger partial charge in [0.1, 0.15) is 23.7 Å². The Bertz CT molecular complexity index is 697. The number of nitrogens with one attached hydrogen (secondary N) is 1. The lowest BCUT2D eigenvalue weighted by Crippen LogP contribution is -2.33. The normalized spacial score (nSPS) is 30.1. The largest absolute Gasteiger partial charge is 0.394 e. The minimum atomic E-state index is -1.31. The summed E-state index contributed by atoms with van der Waals surface area (Å²) in [4.78, 5) is 17.9. The number of nitrogens with two attached hydrogens (primary N) is 1. The molecule has 0 amide bonds. The number of aliphatic hydroxyl groups is 3. The van der Waals surface area contributed by atoms with E-state index in [1.54, 1.807) is 0 Å². The van der Waals surface area contributed by atoms with Crippen LogP contribution in [0.5, 0.6) is 0 Å². The monoisotopic (exact) mass is 283 g/mol. The van der Waals surface area contributed by atoms with E-state index in [4.69, 9.17) is 15.6 Å². The molecule has 0 bridgehead atoms. The Morgan fingerprint density at radius 1 is 1.45 bits per heavy atom. The Balaban J connectivity index is 2.09. The fourth-order valence-electron chi connectivity index (χ4n) is 2.22. The number of rotatable bonds is 2. The van der Waals surface area contributed by atoms with Crippen LogP contribution in [0.15, 0.2) is 11.0 Å². The quantitative estimate of drug-likeness (QED) is 0.398. The summed E-state index contributed by atoms with van der Waals surface area (Å²) in [6, 6.07) is 0. The van der Waals surface area contributed by atoms with Gasteiger partial charge in [0.25, 0.3) is 5.56 Å². The van der Waals surface area contributed by atoms with Crippen molar-refractivity contribution >= 4 is 17.0 Å². The van der Waals surface area contributed by atoms with E-state index < -0.39 is 36.7 Å². The van der Waals surface area contributed by atoms with Crippen LogP contribution in [0.4, 0.5) is 5.95 Å². The van der Waals surface area contributed by atoms with Crippen molar-refractivity contribution in [3.63, 3.8) is 0 Å². The van der Waals surface area contributed by atoms with Gasteiger partial charge in [0.2, 0.25) is 5.95 Å². The molecule has 3 heterocycles. The number of aliphatic hydroxyl groups excluding tert-OH is 3. The van der Waals surface area contributed by atoms with Crippen LogP contribution in [-0.2, 0) is 4.74 Å². The van der Waals surface area contributed by atoms with Gasteiger partial charge in [-0.1, -0.05) is 0 Å². The molecule has 6 N–H and O–H groups in total. The van der Waals surface area contributed by atoms with Gasteiger partial charge in [-0.15, -0.1) is 0 Å². The summed E-state index contributed by atoms with van der Waals surface area (Å²) in [5, 5.41) is 32.8. The van der Waals surface area contributed by atoms with Crippen molar-refractivity contribution in [3.05, 3.63) is 16.6 Å². The summed E-state index contributed by atoms with van der Waals surface area (Å²) in [5.74, 6) is -0.101. The number of aromatic amines is 1. The third-order valence-electron chi connectivity index (χ3n) is 3.24. The average molecular weight is 283 g/mol. The third kappa shape index (κ3) is 1.78. The molecule has 108 valence electrons. The highest BCUT2D eigenvalue weighted by Crippen LogP contribution is 2.30. The Kier molecular flexibility index (Phi) is 2.94. The summed E-state index contributed by atoms with van der Waals surface area (Å²) >= 11 is 0. The summed E-state index contributed by atoms with van der Waals surface area (Å²) in [7, 11) is 0. The molecular weight excluding hydrogens is 270 g/mol. The average Bonchev–Trinajstić information content (AvgIpc) is 2.93. The van der Waals surface area contributed by atoms with Crippen molar-refractivity contribution < 1.29 is 20.1 Å². The SMILES string of the molecule is Nc1nc2c(cnn2C2O[C@H](CO)[C@@H](O)[C@H]2O)c(=O)[nH]1. The van der Waals surface area contributed by atoms with E-state index in [2.05, 4.69) is 15.1 Å². The van der Waals surface area contributed by atoms with Crippen LogP contribution in [0, 0.1) is 0 Å². The number of aromatic nitrogens is 4. The van der Waals surface area contributed by atoms with Crippen LogP contribution in [0.3, 0.4) is 0 Å². The number of ether oxygens (including phenoxy) is 1. The molecule has 1 aliphatic rings. The highest BCUT2D eigenvalue weighted by Gasteiger charge is 2.44. The first-order chi connectivity index (χ1) is 9.52. The van der Waals surface area contributed by atoms with Crippen LogP contribution < -0.4 is 11.3 Å². The lowest BCUT2D eigenvalue weighted by Gasteiger charge is -2.15. The molecule has 10 nitrogen and oxygen atoms in total. The smallest absolute Gasteiger partial charge is 0.263 e. The number of hydrogen-bond donors (Lipinski definition) is 5. The molecule has 1 aliphatic heterocycles. The maximum absolute atomic E-state index is 11.7. The molecule has 10 heteroatoms. The summed E-state index contributed by atoms with van der Waals surface area (Å²) < 4.78 is 6.48. The van der Waals surface area contributed by atoms with Crippen molar-refractivity contribution in [2.24, 2.45) is 0 Å². The molecule has 4 atom stereocenters. The molecule has 0 aliphatic carbocycles. The number of nitrogens with zero attached hydrogens (tertiary/aromatic N) is 3. The van der Waals surface area contributed by atoms with E-state index in [-0.39, 0.29) is 17.0 Å². The lowest BCUT2D eigenvalue weighted by molar-refractivity contribution is -0.0566. The molecule has 2 aromatic heterocycles. The van der Waals surface area contributed by atoms with Crippen LogP contribution >= 0.6 is 0 Å². The minimum absolute atomic E-state index is 0.101. The van der Waals surface area contributed by atoms with Crippen LogP contribution in [-0.4, -0.2) is 60.0 Å². The summed E-state index contributed by atoms with van der Waals surface area (Å²) in [5.41, 5.74) is 5.13. The van der Waals surface area contributed by atoms with Gasteiger partial charge < -0.3 is 25.8 Å². The first-order valence-corrected chi connectivity index (χ1v) is 5.88. The van der Waals surface area contributed by atoms with Gasteiger partial charge in [0.05, 0.1) is 12.8 Å². The number of anilines is 1. The van der Waals surface area contributed by atoms with Gasteiger partial charge in [-0.05, 0) is 0 Å². The van der Waals surface area contributed by atoms with Gasteiger partial charge in [0, 0.05) is 0 Å². The fourth-order valence-corrected chi connectivity index (χ4v) is 2.22. The molecule has 2 aromatic rings. The molecule has 0 saturated carbocycles. The van der Waals surface area contributed by atoms with E-state index in [0.717, 1.165) is 4.68 Å². The Hall–Kier alpha value is -2.01. The molecule has 20 heavy (non-hydrogen) atoms. The van der Waals surface area contributed by atoms with E-state index in [1.165, 1.54) is 6.20 Å². The maximum Gasteiger partial charge on any atom is 0.263 e. The predicted molar refractivity (Wildman–Crippen MR) is 65.6 cm³/mol. The highest BCUT2D eigenvalue weighted by molar-refractivity contribution is 5.74. The molecule has 0 radical (unpaired) electrons. The first-order valence-electron chi connectivity index (χ1n) is 5.88. The molecule has 1 fully saturated rings. The summed E-state index contributed by atoms with van der Waals surface area (Å²) in [6.07, 6.45) is -3.31. The fraction of sp³-hybridized carbons (Fsp3) is 0.500. The van der Waals surface area contributed by atoms with Crippen molar-refractivity contribution in [1.82, 2.24) is 19.7 Å². The molecule has 0 aromatic carbocycles. The van der Waals surface area contributed by atoms with Crippen LogP contribution in [0.1, 0.15) is 6.23 Å². The second-order valence-electron chi connectivity index (χ2n) is 4.51. The van der Waals surface area contributed by atoms with Gasteiger partial charge in [0.15, 0.2) is 11.9 Å². The number of fused-ring (bicyclic) bond motifs is 1. The Morgan fingerprint density at radius 3 is 2.85 bits per heavy atom. The second kappa shape index (κ2) is 4.52.